The molecule has 1 atom stereocenters. The molecule has 0 radical (unpaired) electrons. The average Bonchev–Trinajstić information content (AvgIpc) is 2.43. The molecule has 4 rings (SSSR count). The summed E-state index contributed by atoms with van der Waals surface area (Å²) in [5.41, 5.74) is 0.642. The molecule has 21 heavy (non-hydrogen) atoms. The van der Waals surface area contributed by atoms with Crippen LogP contribution in [-0.4, -0.2) is 37.6 Å². The van der Waals surface area contributed by atoms with Crippen LogP contribution in [0.4, 0.5) is 0 Å². The highest BCUT2D eigenvalue weighted by Gasteiger charge is 2.53. The number of nitrogens with zero attached hydrogens (tertiary/aromatic N) is 1. The summed E-state index contributed by atoms with van der Waals surface area (Å²) in [6.45, 7) is 8.48. The fraction of sp³-hybridized carbons (Fsp3) is 1.00. The van der Waals surface area contributed by atoms with Gasteiger partial charge in [0.25, 0.3) is 0 Å². The maximum Gasteiger partial charge on any atom is 0.0248 e. The second kappa shape index (κ2) is 6.58. The van der Waals surface area contributed by atoms with Gasteiger partial charge in [-0.2, -0.15) is 0 Å². The van der Waals surface area contributed by atoms with Gasteiger partial charge in [0.05, 0.1) is 0 Å². The quantitative estimate of drug-likeness (QED) is 0.729. The van der Waals surface area contributed by atoms with E-state index in [0.717, 1.165) is 23.8 Å². The van der Waals surface area contributed by atoms with Gasteiger partial charge in [0.1, 0.15) is 0 Å². The van der Waals surface area contributed by atoms with Crippen molar-refractivity contribution in [2.45, 2.75) is 71.3 Å². The molecule has 0 aromatic carbocycles. The largest absolute Gasteiger partial charge is 0.315 e. The summed E-state index contributed by atoms with van der Waals surface area (Å²) in [6.07, 6.45) is 11.8. The molecule has 0 aliphatic heterocycles. The van der Waals surface area contributed by atoms with Crippen LogP contribution in [0.2, 0.25) is 0 Å². The molecule has 0 saturated heterocycles. The summed E-state index contributed by atoms with van der Waals surface area (Å²) in [5.74, 6) is 3.20. The van der Waals surface area contributed by atoms with Gasteiger partial charge in [-0.05, 0) is 94.7 Å². The maximum absolute atomic E-state index is 3.76. The molecule has 0 amide bonds. The van der Waals surface area contributed by atoms with Gasteiger partial charge in [-0.1, -0.05) is 13.8 Å². The van der Waals surface area contributed by atoms with E-state index in [9.17, 15) is 0 Å². The van der Waals surface area contributed by atoms with Gasteiger partial charge in [0.2, 0.25) is 0 Å². The number of hydrogen-bond acceptors (Lipinski definition) is 2. The first-order valence-electron chi connectivity index (χ1n) is 9.58. The lowest BCUT2D eigenvalue weighted by Gasteiger charge is -2.60. The molecule has 4 aliphatic rings. The van der Waals surface area contributed by atoms with Crippen molar-refractivity contribution in [2.75, 3.05) is 26.7 Å². The molecule has 0 heterocycles. The Bertz CT molecular complexity index is 297. The third-order valence-corrected chi connectivity index (χ3v) is 6.69. The van der Waals surface area contributed by atoms with Crippen LogP contribution in [0.1, 0.15) is 65.2 Å². The van der Waals surface area contributed by atoms with Gasteiger partial charge in [-0.25, -0.2) is 0 Å². The van der Waals surface area contributed by atoms with E-state index in [4.69, 9.17) is 0 Å². The van der Waals surface area contributed by atoms with Gasteiger partial charge in [0, 0.05) is 12.6 Å². The van der Waals surface area contributed by atoms with Gasteiger partial charge >= 0.3 is 0 Å². The van der Waals surface area contributed by atoms with Crippen molar-refractivity contribution >= 4 is 0 Å². The van der Waals surface area contributed by atoms with Crippen LogP contribution >= 0.6 is 0 Å². The lowest BCUT2D eigenvalue weighted by Crippen LogP contribution is -2.58. The highest BCUT2D eigenvalue weighted by molar-refractivity contribution is 5.06. The van der Waals surface area contributed by atoms with E-state index in [-0.39, 0.29) is 0 Å². The Labute approximate surface area is 132 Å². The number of hydrogen-bond donors (Lipinski definition) is 1. The zero-order chi connectivity index (χ0) is 14.9. The molecule has 0 aromatic rings. The van der Waals surface area contributed by atoms with Gasteiger partial charge < -0.3 is 10.2 Å². The second-order valence-corrected chi connectivity index (χ2v) is 8.42. The maximum atomic E-state index is 3.76. The Kier molecular flexibility index (Phi) is 4.95. The summed E-state index contributed by atoms with van der Waals surface area (Å²) >= 11 is 0. The fourth-order valence-corrected chi connectivity index (χ4v) is 6.38. The van der Waals surface area contributed by atoms with Gasteiger partial charge in [0.15, 0.2) is 0 Å². The van der Waals surface area contributed by atoms with Crippen molar-refractivity contribution < 1.29 is 0 Å². The van der Waals surface area contributed by atoms with E-state index < -0.39 is 0 Å². The molecule has 1 unspecified atom stereocenters. The highest BCUT2D eigenvalue weighted by Crippen LogP contribution is 2.61. The summed E-state index contributed by atoms with van der Waals surface area (Å²) in [7, 11) is 2.22. The van der Waals surface area contributed by atoms with E-state index in [1.807, 2.05) is 0 Å². The fourth-order valence-electron chi connectivity index (χ4n) is 6.38. The molecular weight excluding hydrogens is 256 g/mol. The van der Waals surface area contributed by atoms with Crippen molar-refractivity contribution in [2.24, 2.45) is 23.2 Å². The summed E-state index contributed by atoms with van der Waals surface area (Å²) < 4.78 is 0. The number of rotatable bonds is 8. The lowest BCUT2D eigenvalue weighted by atomic mass is 9.47. The molecule has 2 heteroatoms. The molecular formula is C19H36N2. The summed E-state index contributed by atoms with van der Waals surface area (Å²) in [6, 6.07) is 0.726. The molecule has 4 fully saturated rings. The Balaban J connectivity index is 1.70. The minimum atomic E-state index is 0.642. The monoisotopic (exact) mass is 292 g/mol. The first-order chi connectivity index (χ1) is 10.2. The van der Waals surface area contributed by atoms with E-state index in [1.165, 1.54) is 51.7 Å². The molecule has 0 spiro atoms. The SMILES string of the molecule is CCCN(CCC)CC(NC)C12CC3CC(CC(C3)C1)C2. The minimum absolute atomic E-state index is 0.642. The van der Waals surface area contributed by atoms with Crippen molar-refractivity contribution in [1.29, 1.82) is 0 Å². The normalized spacial score (nSPS) is 39.1. The average molecular weight is 293 g/mol. The van der Waals surface area contributed by atoms with Gasteiger partial charge in [-0.3, -0.25) is 0 Å². The Morgan fingerprint density at radius 1 is 0.952 bits per heavy atom. The second-order valence-electron chi connectivity index (χ2n) is 8.42. The number of nitrogens with one attached hydrogen (secondary N) is 1. The van der Waals surface area contributed by atoms with E-state index in [1.54, 1.807) is 19.3 Å². The van der Waals surface area contributed by atoms with E-state index in [2.05, 4.69) is 31.1 Å². The molecule has 2 nitrogen and oxygen atoms in total. The van der Waals surface area contributed by atoms with Crippen LogP contribution in [0.15, 0.2) is 0 Å². The van der Waals surface area contributed by atoms with Crippen LogP contribution in [0.3, 0.4) is 0 Å². The van der Waals surface area contributed by atoms with Crippen LogP contribution in [0, 0.1) is 23.2 Å². The first kappa shape index (κ1) is 15.8. The van der Waals surface area contributed by atoms with Crippen LogP contribution in [0.5, 0.6) is 0 Å². The molecule has 1 N–H and O–H groups in total. The summed E-state index contributed by atoms with van der Waals surface area (Å²) in [4.78, 5) is 2.72. The smallest absolute Gasteiger partial charge is 0.0248 e. The van der Waals surface area contributed by atoms with Crippen molar-refractivity contribution in [1.82, 2.24) is 10.2 Å². The third-order valence-electron chi connectivity index (χ3n) is 6.69. The Morgan fingerprint density at radius 3 is 1.81 bits per heavy atom. The number of likely N-dealkylation sites (N-methyl/N-ethyl adjacent to an activating group) is 1. The first-order valence-corrected chi connectivity index (χ1v) is 9.58. The van der Waals surface area contributed by atoms with Crippen LogP contribution in [-0.2, 0) is 0 Å². The van der Waals surface area contributed by atoms with Crippen molar-refractivity contribution in [3.63, 3.8) is 0 Å². The molecule has 0 aromatic heterocycles. The van der Waals surface area contributed by atoms with E-state index in [0.29, 0.717) is 5.41 Å². The van der Waals surface area contributed by atoms with Crippen LogP contribution < -0.4 is 5.32 Å². The predicted molar refractivity (Wildman–Crippen MR) is 90.5 cm³/mol. The lowest BCUT2D eigenvalue weighted by molar-refractivity contribution is -0.0775. The van der Waals surface area contributed by atoms with Crippen LogP contribution in [0.25, 0.3) is 0 Å². The topological polar surface area (TPSA) is 15.3 Å². The van der Waals surface area contributed by atoms with E-state index >= 15 is 0 Å². The van der Waals surface area contributed by atoms with Crippen molar-refractivity contribution in [3.8, 4) is 0 Å². The molecule has 122 valence electrons. The Hall–Kier alpha value is -0.0800. The minimum Gasteiger partial charge on any atom is -0.315 e. The summed E-state index contributed by atoms with van der Waals surface area (Å²) in [5, 5.41) is 3.76. The zero-order valence-electron chi connectivity index (χ0n) is 14.5. The molecule has 4 saturated carbocycles. The molecule has 4 bridgehead atoms. The standard InChI is InChI=1S/C19H36N2/c1-4-6-21(7-5-2)14-18(20-3)19-11-15-8-16(12-19)10-17(9-15)13-19/h15-18,20H,4-14H2,1-3H3. The molecule has 4 aliphatic carbocycles. The van der Waals surface area contributed by atoms with Gasteiger partial charge in [-0.15, -0.1) is 0 Å². The third kappa shape index (κ3) is 3.17. The highest BCUT2D eigenvalue weighted by atomic mass is 15.1. The predicted octanol–water partition coefficient (Wildman–Crippen LogP) is 3.91. The van der Waals surface area contributed by atoms with Crippen molar-refractivity contribution in [3.05, 3.63) is 0 Å². The Morgan fingerprint density at radius 2 is 1.43 bits per heavy atom. The zero-order valence-corrected chi connectivity index (χ0v) is 14.5.